The van der Waals surface area contributed by atoms with E-state index < -0.39 is 0 Å². The summed E-state index contributed by atoms with van der Waals surface area (Å²) < 4.78 is 5.16. The number of rotatable bonds is 1. The fourth-order valence-electron chi connectivity index (χ4n) is 1.02. The van der Waals surface area contributed by atoms with Crippen molar-refractivity contribution in [3.63, 3.8) is 0 Å². The average molecular weight is 168 g/mol. The van der Waals surface area contributed by atoms with Crippen molar-refractivity contribution >= 4 is 12.6 Å². The van der Waals surface area contributed by atoms with Crippen LogP contribution in [0.2, 0.25) is 0 Å². The summed E-state index contributed by atoms with van der Waals surface area (Å²) in [4.78, 5) is 0.949. The molecule has 1 aromatic carbocycles. The van der Waals surface area contributed by atoms with E-state index in [1.54, 1.807) is 7.11 Å². The molecule has 0 aliphatic rings. The molecule has 0 radical (unpaired) electrons. The molecule has 0 N–H and O–H groups in total. The van der Waals surface area contributed by atoms with E-state index in [0.717, 1.165) is 10.6 Å². The van der Waals surface area contributed by atoms with Crippen LogP contribution in [0, 0.1) is 13.8 Å². The average Bonchev–Trinajstić information content (AvgIpc) is 1.96. The topological polar surface area (TPSA) is 9.23 Å². The molecule has 60 valence electrons. The normalized spacial score (nSPS) is 9.82. The van der Waals surface area contributed by atoms with Gasteiger partial charge in [-0.05, 0) is 37.1 Å². The van der Waals surface area contributed by atoms with Gasteiger partial charge in [0.1, 0.15) is 5.75 Å². The molecule has 0 bridgehead atoms. The van der Waals surface area contributed by atoms with Crippen LogP contribution in [0.4, 0.5) is 0 Å². The molecule has 0 amide bonds. The van der Waals surface area contributed by atoms with Crippen LogP contribution >= 0.6 is 12.6 Å². The molecular weight excluding hydrogens is 156 g/mol. The number of ether oxygens (including phenoxy) is 1. The summed E-state index contributed by atoms with van der Waals surface area (Å²) in [6, 6.07) is 3.95. The van der Waals surface area contributed by atoms with Gasteiger partial charge in [0.05, 0.1) is 7.11 Å². The predicted molar refractivity (Wildman–Crippen MR) is 49.7 cm³/mol. The summed E-state index contributed by atoms with van der Waals surface area (Å²) in [6.45, 7) is 4.10. The molecule has 1 rings (SSSR count). The molecule has 11 heavy (non-hydrogen) atoms. The van der Waals surface area contributed by atoms with E-state index in [4.69, 9.17) is 4.74 Å². The zero-order valence-electron chi connectivity index (χ0n) is 7.01. The minimum atomic E-state index is 0.912. The summed E-state index contributed by atoms with van der Waals surface area (Å²) in [7, 11) is 1.68. The van der Waals surface area contributed by atoms with Crippen LogP contribution < -0.4 is 4.74 Å². The standard InChI is InChI=1S/C9H12OS/c1-6-4-8(11)5-9(10-3)7(6)2/h4-5,11H,1-3H3. The van der Waals surface area contributed by atoms with Gasteiger partial charge in [-0.1, -0.05) is 0 Å². The molecule has 0 heterocycles. The second kappa shape index (κ2) is 3.18. The van der Waals surface area contributed by atoms with E-state index in [0.29, 0.717) is 0 Å². The Balaban J connectivity index is 3.24. The monoisotopic (exact) mass is 168 g/mol. The largest absolute Gasteiger partial charge is 0.496 e. The number of hydrogen-bond donors (Lipinski definition) is 1. The van der Waals surface area contributed by atoms with Crippen LogP contribution in [0.15, 0.2) is 17.0 Å². The highest BCUT2D eigenvalue weighted by Crippen LogP contribution is 2.24. The molecule has 0 aliphatic heterocycles. The molecule has 0 saturated heterocycles. The van der Waals surface area contributed by atoms with Crippen LogP contribution in [0.1, 0.15) is 11.1 Å². The summed E-state index contributed by atoms with van der Waals surface area (Å²) in [6.07, 6.45) is 0. The van der Waals surface area contributed by atoms with Crippen LogP contribution in [0.5, 0.6) is 5.75 Å². The molecule has 0 saturated carbocycles. The third-order valence-electron chi connectivity index (χ3n) is 1.82. The van der Waals surface area contributed by atoms with Crippen molar-refractivity contribution in [2.75, 3.05) is 7.11 Å². The number of thiol groups is 1. The Morgan fingerprint density at radius 1 is 1.27 bits per heavy atom. The van der Waals surface area contributed by atoms with Crippen molar-refractivity contribution in [2.45, 2.75) is 18.7 Å². The van der Waals surface area contributed by atoms with Crippen molar-refractivity contribution in [2.24, 2.45) is 0 Å². The zero-order valence-corrected chi connectivity index (χ0v) is 7.90. The lowest BCUT2D eigenvalue weighted by molar-refractivity contribution is 0.410. The first-order chi connectivity index (χ1) is 5.15. The summed E-state index contributed by atoms with van der Waals surface area (Å²) in [5.74, 6) is 0.912. The predicted octanol–water partition coefficient (Wildman–Crippen LogP) is 2.60. The van der Waals surface area contributed by atoms with Crippen LogP contribution in [0.3, 0.4) is 0 Å². The van der Waals surface area contributed by atoms with Crippen molar-refractivity contribution in [3.8, 4) is 5.75 Å². The molecule has 2 heteroatoms. The van der Waals surface area contributed by atoms with Gasteiger partial charge < -0.3 is 4.74 Å². The summed E-state index contributed by atoms with van der Waals surface area (Å²) in [5, 5.41) is 0. The molecule has 1 aromatic rings. The highest BCUT2D eigenvalue weighted by molar-refractivity contribution is 7.80. The number of methoxy groups -OCH3 is 1. The summed E-state index contributed by atoms with van der Waals surface area (Å²) >= 11 is 4.25. The molecule has 0 unspecified atom stereocenters. The third kappa shape index (κ3) is 1.69. The summed E-state index contributed by atoms with van der Waals surface area (Å²) in [5.41, 5.74) is 2.40. The molecular formula is C9H12OS. The van der Waals surface area contributed by atoms with Crippen molar-refractivity contribution in [3.05, 3.63) is 23.3 Å². The molecule has 0 fully saturated rings. The van der Waals surface area contributed by atoms with Crippen molar-refractivity contribution in [1.82, 2.24) is 0 Å². The first kappa shape index (κ1) is 8.47. The first-order valence-electron chi connectivity index (χ1n) is 3.49. The van der Waals surface area contributed by atoms with E-state index in [9.17, 15) is 0 Å². The Morgan fingerprint density at radius 2 is 1.91 bits per heavy atom. The highest BCUT2D eigenvalue weighted by atomic mass is 32.1. The molecule has 0 aliphatic carbocycles. The lowest BCUT2D eigenvalue weighted by Crippen LogP contribution is -1.89. The first-order valence-corrected chi connectivity index (χ1v) is 3.94. The Labute approximate surface area is 72.8 Å². The van der Waals surface area contributed by atoms with Gasteiger partial charge in [-0.2, -0.15) is 0 Å². The maximum Gasteiger partial charge on any atom is 0.123 e. The fourth-order valence-corrected chi connectivity index (χ4v) is 1.33. The van der Waals surface area contributed by atoms with Gasteiger partial charge >= 0.3 is 0 Å². The highest BCUT2D eigenvalue weighted by Gasteiger charge is 2.01. The smallest absolute Gasteiger partial charge is 0.123 e. The van der Waals surface area contributed by atoms with E-state index in [2.05, 4.69) is 19.6 Å². The second-order valence-electron chi connectivity index (χ2n) is 2.59. The number of hydrogen-bond acceptors (Lipinski definition) is 2. The second-order valence-corrected chi connectivity index (χ2v) is 3.11. The Kier molecular flexibility index (Phi) is 2.45. The van der Waals surface area contributed by atoms with Gasteiger partial charge in [0.2, 0.25) is 0 Å². The molecule has 0 aromatic heterocycles. The molecule has 1 nitrogen and oxygen atoms in total. The van der Waals surface area contributed by atoms with Crippen molar-refractivity contribution < 1.29 is 4.74 Å². The van der Waals surface area contributed by atoms with E-state index >= 15 is 0 Å². The van der Waals surface area contributed by atoms with Crippen molar-refractivity contribution in [1.29, 1.82) is 0 Å². The van der Waals surface area contributed by atoms with E-state index in [1.165, 1.54) is 11.1 Å². The van der Waals surface area contributed by atoms with Gasteiger partial charge in [0.25, 0.3) is 0 Å². The SMILES string of the molecule is COc1cc(S)cc(C)c1C. The Morgan fingerprint density at radius 3 is 2.45 bits per heavy atom. The lowest BCUT2D eigenvalue weighted by atomic mass is 10.1. The van der Waals surface area contributed by atoms with Gasteiger partial charge in [0.15, 0.2) is 0 Å². The van der Waals surface area contributed by atoms with Crippen LogP contribution in [0.25, 0.3) is 0 Å². The van der Waals surface area contributed by atoms with Crippen LogP contribution in [-0.2, 0) is 0 Å². The zero-order chi connectivity index (χ0) is 8.43. The molecule has 0 atom stereocenters. The van der Waals surface area contributed by atoms with Gasteiger partial charge in [-0.25, -0.2) is 0 Å². The maximum atomic E-state index is 5.16. The van der Waals surface area contributed by atoms with Crippen LogP contribution in [-0.4, -0.2) is 7.11 Å². The maximum absolute atomic E-state index is 5.16. The lowest BCUT2D eigenvalue weighted by Gasteiger charge is -2.07. The Bertz CT molecular complexity index is 269. The Hall–Kier alpha value is -0.630. The van der Waals surface area contributed by atoms with E-state index in [1.807, 2.05) is 19.1 Å². The van der Waals surface area contributed by atoms with Gasteiger partial charge in [-0.3, -0.25) is 0 Å². The minimum Gasteiger partial charge on any atom is -0.496 e. The number of benzene rings is 1. The quantitative estimate of drug-likeness (QED) is 0.634. The van der Waals surface area contributed by atoms with Gasteiger partial charge in [-0.15, -0.1) is 12.6 Å². The van der Waals surface area contributed by atoms with Gasteiger partial charge in [0, 0.05) is 4.90 Å². The molecule has 0 spiro atoms. The number of aryl methyl sites for hydroxylation is 1. The fraction of sp³-hybridized carbons (Fsp3) is 0.333. The minimum absolute atomic E-state index is 0.912. The van der Waals surface area contributed by atoms with E-state index in [-0.39, 0.29) is 0 Å². The third-order valence-corrected chi connectivity index (χ3v) is 2.08.